The minimum Gasteiger partial charge on any atom is -0.327 e. The number of carbonyl (C=O) groups is 3. The molecule has 0 radical (unpaired) electrons. The Labute approximate surface area is 121 Å². The molecule has 0 aromatic heterocycles. The summed E-state index contributed by atoms with van der Waals surface area (Å²) in [7, 11) is 0. The van der Waals surface area contributed by atoms with E-state index in [2.05, 4.69) is 5.32 Å². The third-order valence-corrected chi connectivity index (χ3v) is 3.75. The molecule has 1 N–H and O–H groups in total. The molecule has 0 spiro atoms. The Balaban J connectivity index is 1.76. The van der Waals surface area contributed by atoms with Crippen LogP contribution in [0.15, 0.2) is 24.3 Å². The molecule has 6 heteroatoms. The van der Waals surface area contributed by atoms with Crippen LogP contribution in [0.25, 0.3) is 0 Å². The predicted molar refractivity (Wildman–Crippen MR) is 71.5 cm³/mol. The van der Waals surface area contributed by atoms with Crippen LogP contribution in [0.2, 0.25) is 0 Å². The molecule has 1 aliphatic carbocycles. The number of carbonyl (C=O) groups excluding carboxylic acids is 3. The number of hydrogen-bond acceptors (Lipinski definition) is 3. The van der Waals surface area contributed by atoms with Crippen molar-refractivity contribution in [2.75, 3.05) is 0 Å². The molecule has 3 amide bonds. The molecule has 1 heterocycles. The number of imide groups is 1. The highest BCUT2D eigenvalue weighted by molar-refractivity contribution is 6.07. The van der Waals surface area contributed by atoms with E-state index < -0.39 is 17.8 Å². The third-order valence-electron chi connectivity index (χ3n) is 3.75. The van der Waals surface area contributed by atoms with Gasteiger partial charge in [-0.1, -0.05) is 12.1 Å². The van der Waals surface area contributed by atoms with Gasteiger partial charge in [-0.05, 0) is 30.5 Å². The number of rotatable bonds is 4. The predicted octanol–water partition coefficient (Wildman–Crippen LogP) is 0.774. The molecule has 0 bridgehead atoms. The zero-order valence-corrected chi connectivity index (χ0v) is 11.3. The van der Waals surface area contributed by atoms with E-state index in [4.69, 9.17) is 0 Å². The molecular weight excluding hydrogens is 275 g/mol. The van der Waals surface area contributed by atoms with Gasteiger partial charge in [0.15, 0.2) is 0 Å². The Morgan fingerprint density at radius 3 is 2.67 bits per heavy atom. The van der Waals surface area contributed by atoms with E-state index >= 15 is 0 Å². The summed E-state index contributed by atoms with van der Waals surface area (Å²) in [6.45, 7) is 0. The van der Waals surface area contributed by atoms with Crippen LogP contribution in [0.5, 0.6) is 0 Å². The second kappa shape index (κ2) is 5.27. The maximum absolute atomic E-state index is 13.2. The maximum atomic E-state index is 13.2. The van der Waals surface area contributed by atoms with Crippen molar-refractivity contribution in [2.24, 2.45) is 0 Å². The van der Waals surface area contributed by atoms with Crippen molar-refractivity contribution in [1.29, 1.82) is 0 Å². The number of hydrogen-bond donors (Lipinski definition) is 1. The lowest BCUT2D eigenvalue weighted by Crippen LogP contribution is -2.46. The first-order chi connectivity index (χ1) is 10.0. The molecule has 3 rings (SSSR count). The van der Waals surface area contributed by atoms with Crippen molar-refractivity contribution in [3.05, 3.63) is 35.6 Å². The number of nitrogens with zero attached hydrogens (tertiary/aromatic N) is 1. The average Bonchev–Trinajstić information content (AvgIpc) is 3.16. The topological polar surface area (TPSA) is 66.5 Å². The fourth-order valence-electron chi connectivity index (χ4n) is 2.66. The Hall–Kier alpha value is -2.24. The van der Waals surface area contributed by atoms with E-state index in [9.17, 15) is 18.8 Å². The van der Waals surface area contributed by atoms with E-state index in [0.29, 0.717) is 5.56 Å². The SMILES string of the molecule is O=C1C[C@@H](N(C(=O)Cc2cccc(F)c2)C2CC2)C(=O)N1. The molecule has 1 atom stereocenters. The van der Waals surface area contributed by atoms with Gasteiger partial charge in [0.25, 0.3) is 0 Å². The molecule has 1 aromatic rings. The fraction of sp³-hybridized carbons (Fsp3) is 0.400. The first-order valence-corrected chi connectivity index (χ1v) is 6.94. The largest absolute Gasteiger partial charge is 0.327 e. The highest BCUT2D eigenvalue weighted by atomic mass is 19.1. The smallest absolute Gasteiger partial charge is 0.249 e. The van der Waals surface area contributed by atoms with Gasteiger partial charge in [-0.3, -0.25) is 19.7 Å². The molecule has 0 unspecified atom stereocenters. The molecule has 1 saturated heterocycles. The number of benzene rings is 1. The number of nitrogens with one attached hydrogen (secondary N) is 1. The zero-order valence-electron chi connectivity index (χ0n) is 11.3. The summed E-state index contributed by atoms with van der Waals surface area (Å²) in [5.74, 6) is -1.40. The first kappa shape index (κ1) is 13.7. The fourth-order valence-corrected chi connectivity index (χ4v) is 2.66. The van der Waals surface area contributed by atoms with Gasteiger partial charge in [0, 0.05) is 6.04 Å². The maximum Gasteiger partial charge on any atom is 0.249 e. The Morgan fingerprint density at radius 1 is 1.33 bits per heavy atom. The van der Waals surface area contributed by atoms with Crippen molar-refractivity contribution in [3.8, 4) is 0 Å². The van der Waals surface area contributed by atoms with Gasteiger partial charge < -0.3 is 4.90 Å². The van der Waals surface area contributed by atoms with E-state index in [0.717, 1.165) is 12.8 Å². The Bertz CT molecular complexity index is 613. The van der Waals surface area contributed by atoms with Gasteiger partial charge in [-0.15, -0.1) is 0 Å². The van der Waals surface area contributed by atoms with Gasteiger partial charge >= 0.3 is 0 Å². The summed E-state index contributed by atoms with van der Waals surface area (Å²) in [5.41, 5.74) is 0.565. The Kier molecular flexibility index (Phi) is 3.45. The van der Waals surface area contributed by atoms with Gasteiger partial charge in [-0.2, -0.15) is 0 Å². The van der Waals surface area contributed by atoms with Crippen molar-refractivity contribution in [2.45, 2.75) is 37.8 Å². The zero-order chi connectivity index (χ0) is 15.0. The molecular formula is C15H15FN2O3. The minimum atomic E-state index is -0.717. The molecule has 2 aliphatic rings. The van der Waals surface area contributed by atoms with Crippen LogP contribution in [-0.4, -0.2) is 34.7 Å². The van der Waals surface area contributed by atoms with Gasteiger partial charge in [0.2, 0.25) is 17.7 Å². The van der Waals surface area contributed by atoms with E-state index in [1.165, 1.54) is 17.0 Å². The van der Waals surface area contributed by atoms with E-state index in [1.807, 2.05) is 0 Å². The van der Waals surface area contributed by atoms with Crippen molar-refractivity contribution >= 4 is 17.7 Å². The van der Waals surface area contributed by atoms with E-state index in [1.54, 1.807) is 12.1 Å². The summed E-state index contributed by atoms with van der Waals surface area (Å²) < 4.78 is 13.2. The number of amides is 3. The lowest BCUT2D eigenvalue weighted by atomic mass is 10.1. The lowest BCUT2D eigenvalue weighted by molar-refractivity contribution is -0.139. The lowest BCUT2D eigenvalue weighted by Gasteiger charge is -2.26. The van der Waals surface area contributed by atoms with Crippen LogP contribution < -0.4 is 5.32 Å². The minimum absolute atomic E-state index is 0.0181. The quantitative estimate of drug-likeness (QED) is 0.833. The molecule has 21 heavy (non-hydrogen) atoms. The van der Waals surface area contributed by atoms with Crippen LogP contribution >= 0.6 is 0 Å². The van der Waals surface area contributed by atoms with Crippen molar-refractivity contribution < 1.29 is 18.8 Å². The van der Waals surface area contributed by atoms with Gasteiger partial charge in [0.1, 0.15) is 11.9 Å². The molecule has 5 nitrogen and oxygen atoms in total. The second-order valence-electron chi connectivity index (χ2n) is 5.47. The standard InChI is InChI=1S/C15H15FN2O3/c16-10-3-1-2-9(6-10)7-14(20)18(11-4-5-11)12-8-13(19)17-15(12)21/h1-3,6,11-12H,4-5,7-8H2,(H,17,19,21)/t12-/m1/s1. The van der Waals surface area contributed by atoms with Crippen molar-refractivity contribution in [1.82, 2.24) is 10.2 Å². The van der Waals surface area contributed by atoms with Crippen LogP contribution in [-0.2, 0) is 20.8 Å². The molecule has 1 aromatic carbocycles. The van der Waals surface area contributed by atoms with Crippen LogP contribution in [0.3, 0.4) is 0 Å². The highest BCUT2D eigenvalue weighted by Crippen LogP contribution is 2.31. The first-order valence-electron chi connectivity index (χ1n) is 6.94. The van der Waals surface area contributed by atoms with Crippen LogP contribution in [0.1, 0.15) is 24.8 Å². The highest BCUT2D eigenvalue weighted by Gasteiger charge is 2.44. The summed E-state index contributed by atoms with van der Waals surface area (Å²) in [5, 5.41) is 2.23. The summed E-state index contributed by atoms with van der Waals surface area (Å²) in [4.78, 5) is 37.1. The average molecular weight is 290 g/mol. The van der Waals surface area contributed by atoms with Crippen molar-refractivity contribution in [3.63, 3.8) is 0 Å². The normalized spacial score (nSPS) is 21.3. The molecule has 1 saturated carbocycles. The monoisotopic (exact) mass is 290 g/mol. The summed E-state index contributed by atoms with van der Waals surface area (Å²) in [6, 6.07) is 5.15. The van der Waals surface area contributed by atoms with Gasteiger partial charge in [-0.25, -0.2) is 4.39 Å². The van der Waals surface area contributed by atoms with Crippen LogP contribution in [0.4, 0.5) is 4.39 Å². The van der Waals surface area contributed by atoms with Gasteiger partial charge in [0.05, 0.1) is 12.8 Å². The summed E-state index contributed by atoms with van der Waals surface area (Å²) in [6.07, 6.45) is 1.73. The Morgan fingerprint density at radius 2 is 2.10 bits per heavy atom. The van der Waals surface area contributed by atoms with E-state index in [-0.39, 0.29) is 30.7 Å². The number of halogens is 1. The molecule has 2 fully saturated rings. The molecule has 110 valence electrons. The molecule has 1 aliphatic heterocycles. The van der Waals surface area contributed by atoms with Crippen LogP contribution in [0, 0.1) is 5.82 Å². The third kappa shape index (κ3) is 2.94. The summed E-state index contributed by atoms with van der Waals surface area (Å²) >= 11 is 0. The second-order valence-corrected chi connectivity index (χ2v) is 5.47.